The Kier molecular flexibility index (Phi) is 12.0. The van der Waals surface area contributed by atoms with Gasteiger partial charge < -0.3 is 10.6 Å². The van der Waals surface area contributed by atoms with Crippen LogP contribution in [0.4, 0.5) is 8.78 Å². The number of nitrogens with zero attached hydrogens (tertiary/aromatic N) is 3. The monoisotopic (exact) mass is 443 g/mol. The van der Waals surface area contributed by atoms with E-state index in [-0.39, 0.29) is 36.3 Å². The van der Waals surface area contributed by atoms with E-state index in [0.717, 1.165) is 17.5 Å². The number of halogens is 3. The summed E-state index contributed by atoms with van der Waals surface area (Å²) in [5.41, 5.74) is 0. The van der Waals surface area contributed by atoms with Gasteiger partial charge in [0.2, 0.25) is 0 Å². The fourth-order valence-corrected chi connectivity index (χ4v) is 2.23. The van der Waals surface area contributed by atoms with Crippen LogP contribution in [0.2, 0.25) is 0 Å². The Morgan fingerprint density at radius 3 is 2.65 bits per heavy atom. The van der Waals surface area contributed by atoms with E-state index in [1.165, 1.54) is 31.7 Å². The molecule has 0 aliphatic heterocycles. The Hall–Kier alpha value is -0.930. The highest BCUT2D eigenvalue weighted by atomic mass is 127. The molecule has 134 valence electrons. The summed E-state index contributed by atoms with van der Waals surface area (Å²) in [4.78, 5) is 8.05. The van der Waals surface area contributed by atoms with Gasteiger partial charge in [0, 0.05) is 26.0 Å². The van der Waals surface area contributed by atoms with E-state index in [0.29, 0.717) is 11.9 Å². The molecule has 0 bridgehead atoms. The van der Waals surface area contributed by atoms with Crippen molar-refractivity contribution in [3.8, 4) is 0 Å². The first-order chi connectivity index (χ1) is 10.6. The van der Waals surface area contributed by atoms with Gasteiger partial charge in [0.05, 0.1) is 6.54 Å². The van der Waals surface area contributed by atoms with Gasteiger partial charge in [-0.2, -0.15) is 8.78 Å². The lowest BCUT2D eigenvalue weighted by Crippen LogP contribution is -2.39. The van der Waals surface area contributed by atoms with Crippen molar-refractivity contribution in [1.82, 2.24) is 20.2 Å². The minimum atomic E-state index is -2.58. The number of imidazole rings is 1. The average Bonchev–Trinajstić information content (AvgIpc) is 2.99. The van der Waals surface area contributed by atoms with E-state index in [1.54, 1.807) is 7.05 Å². The normalized spacial score (nSPS) is 12.9. The zero-order valence-corrected chi connectivity index (χ0v) is 16.4. The SMILES string of the molecule is CCCCC(CC)CNC(=NC)NCc1nccn1C(F)F.I. The van der Waals surface area contributed by atoms with E-state index < -0.39 is 6.55 Å². The van der Waals surface area contributed by atoms with Crippen LogP contribution in [0, 0.1) is 5.92 Å². The second-order valence-electron chi connectivity index (χ2n) is 5.25. The maximum Gasteiger partial charge on any atom is 0.319 e. The van der Waals surface area contributed by atoms with E-state index in [4.69, 9.17) is 0 Å². The van der Waals surface area contributed by atoms with Crippen LogP contribution >= 0.6 is 24.0 Å². The van der Waals surface area contributed by atoms with Gasteiger partial charge in [-0.3, -0.25) is 9.56 Å². The summed E-state index contributed by atoms with van der Waals surface area (Å²) in [6.45, 7) is 2.83. The molecule has 0 spiro atoms. The minimum Gasteiger partial charge on any atom is -0.356 e. The summed E-state index contributed by atoms with van der Waals surface area (Å²) in [5, 5.41) is 6.28. The van der Waals surface area contributed by atoms with Gasteiger partial charge in [0.15, 0.2) is 5.96 Å². The molecular weight excluding hydrogens is 415 g/mol. The highest BCUT2D eigenvalue weighted by molar-refractivity contribution is 14.0. The predicted molar refractivity (Wildman–Crippen MR) is 100 cm³/mol. The third kappa shape index (κ3) is 7.94. The molecule has 0 aliphatic rings. The lowest BCUT2D eigenvalue weighted by Gasteiger charge is -2.18. The molecule has 8 heteroatoms. The summed E-state index contributed by atoms with van der Waals surface area (Å²) in [6, 6.07) is 0. The van der Waals surface area contributed by atoms with Crippen LogP contribution in [0.25, 0.3) is 0 Å². The zero-order chi connectivity index (χ0) is 16.4. The number of alkyl halides is 2. The van der Waals surface area contributed by atoms with E-state index in [1.807, 2.05) is 0 Å². The Bertz CT molecular complexity index is 451. The molecule has 0 saturated heterocycles. The summed E-state index contributed by atoms with van der Waals surface area (Å²) in [7, 11) is 1.67. The number of nitrogens with one attached hydrogen (secondary N) is 2. The molecule has 0 aromatic carbocycles. The van der Waals surface area contributed by atoms with Crippen molar-refractivity contribution in [3.63, 3.8) is 0 Å². The van der Waals surface area contributed by atoms with Crippen molar-refractivity contribution in [2.24, 2.45) is 10.9 Å². The summed E-state index contributed by atoms with van der Waals surface area (Å²) >= 11 is 0. The van der Waals surface area contributed by atoms with Crippen molar-refractivity contribution in [3.05, 3.63) is 18.2 Å². The molecule has 0 fully saturated rings. The molecule has 0 radical (unpaired) electrons. The first-order valence-corrected chi connectivity index (χ1v) is 7.86. The standard InChI is InChI=1S/C15H27F2N5.HI/c1-4-6-7-12(5-2)10-20-15(18-3)21-11-13-19-8-9-22(13)14(16)17;/h8-9,12,14H,4-7,10-11H2,1-3H3,(H2,18,20,21);1H. The number of hydrogen-bond acceptors (Lipinski definition) is 2. The van der Waals surface area contributed by atoms with Gasteiger partial charge in [0.1, 0.15) is 5.82 Å². The molecular formula is C15H28F2IN5. The maximum atomic E-state index is 12.7. The van der Waals surface area contributed by atoms with Crippen LogP contribution in [0.15, 0.2) is 17.4 Å². The number of aromatic nitrogens is 2. The van der Waals surface area contributed by atoms with E-state index in [9.17, 15) is 8.78 Å². The van der Waals surface area contributed by atoms with Crippen LogP contribution < -0.4 is 10.6 Å². The molecule has 1 atom stereocenters. The molecule has 5 nitrogen and oxygen atoms in total. The Morgan fingerprint density at radius 2 is 2.09 bits per heavy atom. The third-order valence-corrected chi connectivity index (χ3v) is 3.70. The predicted octanol–water partition coefficient (Wildman–Crippen LogP) is 3.78. The Labute approximate surface area is 154 Å². The molecule has 0 amide bonds. The fourth-order valence-electron chi connectivity index (χ4n) is 2.23. The van der Waals surface area contributed by atoms with Crippen LogP contribution in [-0.2, 0) is 6.54 Å². The van der Waals surface area contributed by atoms with Gasteiger partial charge >= 0.3 is 6.55 Å². The van der Waals surface area contributed by atoms with Crippen molar-refractivity contribution in [1.29, 1.82) is 0 Å². The van der Waals surface area contributed by atoms with Crippen molar-refractivity contribution in [2.45, 2.75) is 52.6 Å². The zero-order valence-electron chi connectivity index (χ0n) is 14.1. The Balaban J connectivity index is 0.00000484. The van der Waals surface area contributed by atoms with Crippen LogP contribution in [-0.4, -0.2) is 29.1 Å². The molecule has 1 heterocycles. The summed E-state index contributed by atoms with van der Waals surface area (Å²) in [6.07, 6.45) is 7.36. The number of rotatable bonds is 9. The molecule has 1 aromatic heterocycles. The molecule has 1 rings (SSSR count). The topological polar surface area (TPSA) is 54.2 Å². The van der Waals surface area contributed by atoms with E-state index >= 15 is 0 Å². The molecule has 0 saturated carbocycles. The maximum absolute atomic E-state index is 12.7. The first-order valence-electron chi connectivity index (χ1n) is 7.86. The highest BCUT2D eigenvalue weighted by Crippen LogP contribution is 2.12. The van der Waals surface area contributed by atoms with Gasteiger partial charge in [-0.15, -0.1) is 24.0 Å². The molecule has 1 aromatic rings. The van der Waals surface area contributed by atoms with Crippen molar-refractivity contribution < 1.29 is 8.78 Å². The van der Waals surface area contributed by atoms with Gasteiger partial charge in [-0.25, -0.2) is 4.98 Å². The minimum absolute atomic E-state index is 0. The smallest absolute Gasteiger partial charge is 0.319 e. The number of guanidine groups is 1. The second-order valence-corrected chi connectivity index (χ2v) is 5.25. The van der Waals surface area contributed by atoms with Crippen molar-refractivity contribution in [2.75, 3.05) is 13.6 Å². The highest BCUT2D eigenvalue weighted by Gasteiger charge is 2.12. The first kappa shape index (κ1) is 22.1. The molecule has 23 heavy (non-hydrogen) atoms. The van der Waals surface area contributed by atoms with Crippen LogP contribution in [0.3, 0.4) is 0 Å². The number of hydrogen-bond donors (Lipinski definition) is 2. The van der Waals surface area contributed by atoms with Crippen molar-refractivity contribution >= 4 is 29.9 Å². The molecule has 0 aliphatic carbocycles. The number of aliphatic imine (C=N–C) groups is 1. The quantitative estimate of drug-likeness (QED) is 0.347. The fraction of sp³-hybridized carbons (Fsp3) is 0.733. The van der Waals surface area contributed by atoms with E-state index in [2.05, 4.69) is 34.5 Å². The summed E-state index contributed by atoms with van der Waals surface area (Å²) < 4.78 is 26.3. The largest absolute Gasteiger partial charge is 0.356 e. The molecule has 1 unspecified atom stereocenters. The summed E-state index contributed by atoms with van der Waals surface area (Å²) in [5.74, 6) is 1.50. The molecule has 2 N–H and O–H groups in total. The van der Waals surface area contributed by atoms with Crippen LogP contribution in [0.5, 0.6) is 0 Å². The number of unbranched alkanes of at least 4 members (excludes halogenated alkanes) is 1. The van der Waals surface area contributed by atoms with Crippen LogP contribution in [0.1, 0.15) is 51.9 Å². The lowest BCUT2D eigenvalue weighted by atomic mass is 9.99. The average molecular weight is 443 g/mol. The van der Waals surface area contributed by atoms with Gasteiger partial charge in [0.25, 0.3) is 0 Å². The Morgan fingerprint density at radius 1 is 1.35 bits per heavy atom. The van der Waals surface area contributed by atoms with Gasteiger partial charge in [-0.1, -0.05) is 33.1 Å². The van der Waals surface area contributed by atoms with Gasteiger partial charge in [-0.05, 0) is 12.3 Å². The lowest BCUT2D eigenvalue weighted by molar-refractivity contribution is 0.0668. The third-order valence-electron chi connectivity index (χ3n) is 3.70. The second kappa shape index (κ2) is 12.5.